The minimum absolute atomic E-state index is 0.00249. The summed E-state index contributed by atoms with van der Waals surface area (Å²) in [7, 11) is 1.68. The van der Waals surface area contributed by atoms with Gasteiger partial charge in [0.15, 0.2) is 0 Å². The summed E-state index contributed by atoms with van der Waals surface area (Å²) in [6.45, 7) is 5.24. The summed E-state index contributed by atoms with van der Waals surface area (Å²) in [5, 5.41) is 7.51. The fourth-order valence-electron chi connectivity index (χ4n) is 1.76. The molecule has 1 rings (SSSR count). The number of allylic oxidation sites excluding steroid dienone is 1. The van der Waals surface area contributed by atoms with Gasteiger partial charge in [-0.25, -0.2) is 0 Å². The molecule has 0 saturated heterocycles. The van der Waals surface area contributed by atoms with Crippen molar-refractivity contribution in [3.8, 4) is 0 Å². The second-order valence-corrected chi connectivity index (χ2v) is 5.24. The summed E-state index contributed by atoms with van der Waals surface area (Å²) in [5.74, 6) is 0.828. The second-order valence-electron chi connectivity index (χ2n) is 4.08. The van der Waals surface area contributed by atoms with Crippen LogP contribution >= 0.6 is 22.6 Å². The number of methoxy groups -OCH3 is 1. The SMILES string of the molecule is C=C[C@@H](CCOC)Cn1cc(I)c(C(=N)N)c1N. The Balaban J connectivity index is 2.87. The van der Waals surface area contributed by atoms with Crippen LogP contribution in [-0.2, 0) is 11.3 Å². The van der Waals surface area contributed by atoms with Crippen LogP contribution in [0.2, 0.25) is 0 Å². The van der Waals surface area contributed by atoms with E-state index in [1.54, 1.807) is 7.11 Å². The van der Waals surface area contributed by atoms with Crippen LogP contribution < -0.4 is 11.5 Å². The summed E-state index contributed by atoms with van der Waals surface area (Å²) in [5.41, 5.74) is 12.1. The number of aromatic nitrogens is 1. The molecule has 0 fully saturated rings. The first-order valence-electron chi connectivity index (χ1n) is 5.61. The monoisotopic (exact) mass is 362 g/mol. The van der Waals surface area contributed by atoms with Crippen LogP contribution in [0.3, 0.4) is 0 Å². The summed E-state index contributed by atoms with van der Waals surface area (Å²) >= 11 is 2.14. The zero-order chi connectivity index (χ0) is 13.7. The molecule has 5 nitrogen and oxygen atoms in total. The zero-order valence-electron chi connectivity index (χ0n) is 10.4. The van der Waals surface area contributed by atoms with Gasteiger partial charge in [0.1, 0.15) is 11.7 Å². The lowest BCUT2D eigenvalue weighted by molar-refractivity contribution is 0.181. The van der Waals surface area contributed by atoms with Gasteiger partial charge >= 0.3 is 0 Å². The van der Waals surface area contributed by atoms with Crippen LogP contribution in [0.1, 0.15) is 12.0 Å². The number of anilines is 1. The molecule has 0 spiro atoms. The maximum Gasteiger partial charge on any atom is 0.127 e. The summed E-state index contributed by atoms with van der Waals surface area (Å²) in [6, 6.07) is 0. The van der Waals surface area contributed by atoms with E-state index in [2.05, 4.69) is 29.2 Å². The van der Waals surface area contributed by atoms with E-state index in [1.807, 2.05) is 16.8 Å². The maximum atomic E-state index is 7.51. The number of nitrogens with one attached hydrogen (secondary N) is 1. The Kier molecular flexibility index (Phi) is 5.67. The third-order valence-electron chi connectivity index (χ3n) is 2.80. The number of hydrogen-bond donors (Lipinski definition) is 3. The van der Waals surface area contributed by atoms with Crippen molar-refractivity contribution in [2.75, 3.05) is 19.5 Å². The Morgan fingerprint density at radius 1 is 1.72 bits per heavy atom. The molecule has 5 N–H and O–H groups in total. The maximum absolute atomic E-state index is 7.51. The summed E-state index contributed by atoms with van der Waals surface area (Å²) in [4.78, 5) is 0. The van der Waals surface area contributed by atoms with Crippen molar-refractivity contribution in [3.63, 3.8) is 0 Å². The molecule has 6 heteroatoms. The number of halogens is 1. The van der Waals surface area contributed by atoms with Crippen molar-refractivity contribution in [1.82, 2.24) is 4.57 Å². The van der Waals surface area contributed by atoms with E-state index >= 15 is 0 Å². The summed E-state index contributed by atoms with van der Waals surface area (Å²) < 4.78 is 7.88. The van der Waals surface area contributed by atoms with Crippen molar-refractivity contribution < 1.29 is 4.74 Å². The van der Waals surface area contributed by atoms with Gasteiger partial charge in [0.2, 0.25) is 0 Å². The Hall–Kier alpha value is -1.02. The largest absolute Gasteiger partial charge is 0.385 e. The first-order valence-corrected chi connectivity index (χ1v) is 6.69. The lowest BCUT2D eigenvalue weighted by atomic mass is 10.1. The number of amidine groups is 1. The fraction of sp³-hybridized carbons (Fsp3) is 0.417. The highest BCUT2D eigenvalue weighted by molar-refractivity contribution is 14.1. The molecule has 0 saturated carbocycles. The van der Waals surface area contributed by atoms with E-state index in [1.165, 1.54) is 0 Å². The molecule has 0 amide bonds. The minimum Gasteiger partial charge on any atom is -0.385 e. The number of rotatable bonds is 7. The Labute approximate surface area is 121 Å². The second kappa shape index (κ2) is 6.79. The predicted octanol–water partition coefficient (Wildman–Crippen LogP) is 1.80. The van der Waals surface area contributed by atoms with Gasteiger partial charge in [-0.2, -0.15) is 0 Å². The molecule has 100 valence electrons. The molecular weight excluding hydrogens is 343 g/mol. The first-order chi connectivity index (χ1) is 8.51. The van der Waals surface area contributed by atoms with Gasteiger partial charge < -0.3 is 20.8 Å². The average molecular weight is 362 g/mol. The molecule has 0 aliphatic carbocycles. The van der Waals surface area contributed by atoms with E-state index < -0.39 is 0 Å². The van der Waals surface area contributed by atoms with Crippen LogP contribution in [-0.4, -0.2) is 24.1 Å². The van der Waals surface area contributed by atoms with Crippen molar-refractivity contribution in [1.29, 1.82) is 5.41 Å². The molecule has 0 aliphatic heterocycles. The predicted molar refractivity (Wildman–Crippen MR) is 82.8 cm³/mol. The minimum atomic E-state index is 0.00249. The van der Waals surface area contributed by atoms with Gasteiger partial charge in [0, 0.05) is 30.0 Å². The van der Waals surface area contributed by atoms with Crippen LogP contribution in [0.4, 0.5) is 5.82 Å². The van der Waals surface area contributed by atoms with E-state index in [-0.39, 0.29) is 11.8 Å². The van der Waals surface area contributed by atoms with Gasteiger partial charge in [-0.05, 0) is 34.9 Å². The van der Waals surface area contributed by atoms with Gasteiger partial charge in [-0.15, -0.1) is 6.58 Å². The van der Waals surface area contributed by atoms with Crippen molar-refractivity contribution >= 4 is 34.2 Å². The summed E-state index contributed by atoms with van der Waals surface area (Å²) in [6.07, 6.45) is 4.71. The highest BCUT2D eigenvalue weighted by Crippen LogP contribution is 2.23. The number of nitrogens with two attached hydrogens (primary N) is 2. The number of nitrogens with zero attached hydrogens (tertiary/aromatic N) is 1. The van der Waals surface area contributed by atoms with E-state index in [9.17, 15) is 0 Å². The molecule has 1 aromatic rings. The highest BCUT2D eigenvalue weighted by Gasteiger charge is 2.15. The van der Waals surface area contributed by atoms with E-state index in [4.69, 9.17) is 21.6 Å². The Bertz CT molecular complexity index is 442. The zero-order valence-corrected chi connectivity index (χ0v) is 12.6. The molecular formula is C12H19IN4O. The molecule has 1 heterocycles. The standard InChI is InChI=1S/C12H19IN4O/c1-3-8(4-5-18-2)6-17-7-9(13)10(11(14)15)12(17)16/h3,7-8H,1,4-6,16H2,2H3,(H3,14,15)/t8-/m0/s1. The molecule has 0 aliphatic rings. The fourth-order valence-corrected chi connectivity index (χ4v) is 2.66. The Morgan fingerprint density at radius 3 is 2.83 bits per heavy atom. The van der Waals surface area contributed by atoms with Crippen molar-refractivity contribution in [3.05, 3.63) is 28.0 Å². The Morgan fingerprint density at radius 2 is 2.39 bits per heavy atom. The lowest BCUT2D eigenvalue weighted by Crippen LogP contribution is -2.16. The lowest BCUT2D eigenvalue weighted by Gasteiger charge is -2.14. The normalized spacial score (nSPS) is 12.3. The van der Waals surface area contributed by atoms with Gasteiger partial charge in [-0.1, -0.05) is 6.08 Å². The van der Waals surface area contributed by atoms with Crippen molar-refractivity contribution in [2.45, 2.75) is 13.0 Å². The van der Waals surface area contributed by atoms with Crippen LogP contribution in [0.15, 0.2) is 18.9 Å². The third-order valence-corrected chi connectivity index (χ3v) is 3.62. The molecule has 1 aromatic heterocycles. The van der Waals surface area contributed by atoms with Gasteiger partial charge in [0.05, 0.1) is 5.56 Å². The average Bonchev–Trinajstić information content (AvgIpc) is 2.59. The molecule has 0 aromatic carbocycles. The molecule has 0 radical (unpaired) electrons. The highest BCUT2D eigenvalue weighted by atomic mass is 127. The topological polar surface area (TPSA) is 90.0 Å². The van der Waals surface area contributed by atoms with E-state index in [0.29, 0.717) is 18.0 Å². The van der Waals surface area contributed by atoms with Crippen molar-refractivity contribution in [2.24, 2.45) is 11.7 Å². The third kappa shape index (κ3) is 3.49. The van der Waals surface area contributed by atoms with Crippen LogP contribution in [0.25, 0.3) is 0 Å². The molecule has 0 unspecified atom stereocenters. The quantitative estimate of drug-likeness (QED) is 0.299. The number of nitrogen functional groups attached to an aromatic ring is 2. The van der Waals surface area contributed by atoms with Gasteiger partial charge in [0.25, 0.3) is 0 Å². The van der Waals surface area contributed by atoms with Crippen LogP contribution in [0.5, 0.6) is 0 Å². The first kappa shape index (κ1) is 15.0. The number of ether oxygens (including phenoxy) is 1. The smallest absolute Gasteiger partial charge is 0.127 e. The number of hydrogen-bond acceptors (Lipinski definition) is 3. The molecule has 1 atom stereocenters. The molecule has 18 heavy (non-hydrogen) atoms. The van der Waals surface area contributed by atoms with E-state index in [0.717, 1.165) is 16.5 Å². The van der Waals surface area contributed by atoms with Crippen LogP contribution in [0, 0.1) is 14.9 Å². The molecule has 0 bridgehead atoms. The van der Waals surface area contributed by atoms with Gasteiger partial charge in [-0.3, -0.25) is 5.41 Å².